The largest absolute Gasteiger partial charge is 0.330 e. The molecule has 1 aromatic heterocycles. The third kappa shape index (κ3) is 2.18. The van der Waals surface area contributed by atoms with Crippen molar-refractivity contribution in [3.8, 4) is 0 Å². The topological polar surface area (TPSA) is 24.0 Å². The van der Waals surface area contributed by atoms with Gasteiger partial charge in [-0.2, -0.15) is 0 Å². The number of imidazole rings is 1. The maximum absolute atomic E-state index is 13.9. The lowest BCUT2D eigenvalue weighted by atomic mass is 10.2. The van der Waals surface area contributed by atoms with Crippen molar-refractivity contribution in [2.75, 3.05) is 20.6 Å². The molecule has 0 spiro atoms. The molecule has 2 aromatic rings. The molecule has 0 aliphatic heterocycles. The van der Waals surface area contributed by atoms with Gasteiger partial charge in [0.15, 0.2) is 16.4 Å². The van der Waals surface area contributed by atoms with Gasteiger partial charge < -0.3 is 14.5 Å². The van der Waals surface area contributed by atoms with Crippen molar-refractivity contribution in [2.24, 2.45) is 0 Å². The molecule has 0 aliphatic rings. The molecule has 6 heteroatoms. The van der Waals surface area contributed by atoms with Crippen LogP contribution in [0.5, 0.6) is 0 Å². The highest BCUT2D eigenvalue weighted by atomic mass is 32.1. The lowest BCUT2D eigenvalue weighted by Gasteiger charge is -2.19. The molecule has 1 unspecified atom stereocenters. The Morgan fingerprint density at radius 3 is 2.67 bits per heavy atom. The summed E-state index contributed by atoms with van der Waals surface area (Å²) in [6.45, 7) is 2.62. The predicted molar refractivity (Wildman–Crippen MR) is 70.3 cm³/mol. The Kier molecular flexibility index (Phi) is 3.49. The van der Waals surface area contributed by atoms with Gasteiger partial charge >= 0.3 is 0 Å². The summed E-state index contributed by atoms with van der Waals surface area (Å²) >= 11 is 5.18. The summed E-state index contributed by atoms with van der Waals surface area (Å²) in [6, 6.07) is 2.56. The van der Waals surface area contributed by atoms with Crippen LogP contribution in [0.4, 0.5) is 8.78 Å². The van der Waals surface area contributed by atoms with Crippen molar-refractivity contribution in [1.82, 2.24) is 14.5 Å². The third-order valence-corrected chi connectivity index (χ3v) is 3.14. The van der Waals surface area contributed by atoms with E-state index in [0.717, 1.165) is 6.07 Å². The number of H-pyrrole nitrogens is 1. The smallest absolute Gasteiger partial charge is 0.184 e. The molecule has 98 valence electrons. The number of hydrogen-bond donors (Lipinski definition) is 1. The highest BCUT2D eigenvalue weighted by molar-refractivity contribution is 7.71. The van der Waals surface area contributed by atoms with E-state index in [4.69, 9.17) is 12.2 Å². The van der Waals surface area contributed by atoms with E-state index in [1.807, 2.05) is 25.9 Å². The lowest BCUT2D eigenvalue weighted by Crippen LogP contribution is -2.22. The zero-order chi connectivity index (χ0) is 13.4. The monoisotopic (exact) mass is 271 g/mol. The number of rotatable bonds is 3. The van der Waals surface area contributed by atoms with E-state index >= 15 is 0 Å². The summed E-state index contributed by atoms with van der Waals surface area (Å²) in [6.07, 6.45) is 0. The first kappa shape index (κ1) is 13.2. The van der Waals surface area contributed by atoms with Crippen molar-refractivity contribution in [1.29, 1.82) is 0 Å². The van der Waals surface area contributed by atoms with Gasteiger partial charge in [0.05, 0.1) is 5.52 Å². The van der Waals surface area contributed by atoms with E-state index in [1.54, 1.807) is 4.57 Å². The number of hydrogen-bond acceptors (Lipinski definition) is 2. The van der Waals surface area contributed by atoms with E-state index in [9.17, 15) is 8.78 Å². The number of likely N-dealkylation sites (N-methyl/N-ethyl adjacent to an activating group) is 1. The maximum atomic E-state index is 13.9. The Balaban J connectivity index is 2.66. The third-order valence-electron chi connectivity index (χ3n) is 2.84. The van der Waals surface area contributed by atoms with Crippen molar-refractivity contribution >= 4 is 23.3 Å². The second kappa shape index (κ2) is 4.78. The fourth-order valence-electron chi connectivity index (χ4n) is 2.18. The maximum Gasteiger partial charge on any atom is 0.184 e. The summed E-state index contributed by atoms with van der Waals surface area (Å²) in [5.41, 5.74) is 0.721. The van der Waals surface area contributed by atoms with Gasteiger partial charge in [-0.15, -0.1) is 0 Å². The van der Waals surface area contributed by atoms with Crippen LogP contribution in [-0.2, 0) is 0 Å². The fraction of sp³-hybridized carbons (Fsp3) is 0.417. The summed E-state index contributed by atoms with van der Waals surface area (Å²) in [4.78, 5) is 4.88. The molecule has 1 heterocycles. The molecule has 3 nitrogen and oxygen atoms in total. The quantitative estimate of drug-likeness (QED) is 0.867. The number of aromatic amines is 1. The zero-order valence-electron chi connectivity index (χ0n) is 10.5. The van der Waals surface area contributed by atoms with Crippen LogP contribution in [0.3, 0.4) is 0 Å². The molecule has 0 saturated carbocycles. The second-order valence-corrected chi connectivity index (χ2v) is 5.06. The molecule has 0 fully saturated rings. The van der Waals surface area contributed by atoms with Crippen molar-refractivity contribution in [3.05, 3.63) is 28.5 Å². The van der Waals surface area contributed by atoms with Crippen LogP contribution < -0.4 is 0 Å². The Morgan fingerprint density at radius 2 is 2.06 bits per heavy atom. The number of benzene rings is 1. The average Bonchev–Trinajstić information content (AvgIpc) is 2.60. The molecule has 2 rings (SSSR count). The predicted octanol–water partition coefficient (Wildman–Crippen LogP) is 3.10. The van der Waals surface area contributed by atoms with Gasteiger partial charge in [-0.1, -0.05) is 0 Å². The van der Waals surface area contributed by atoms with Crippen molar-refractivity contribution in [3.63, 3.8) is 0 Å². The fourth-order valence-corrected chi connectivity index (χ4v) is 2.57. The number of halogens is 2. The highest BCUT2D eigenvalue weighted by Gasteiger charge is 2.17. The molecule has 1 N–H and O–H groups in total. The molecule has 0 radical (unpaired) electrons. The van der Waals surface area contributed by atoms with Crippen LogP contribution in [0, 0.1) is 16.4 Å². The van der Waals surface area contributed by atoms with Crippen LogP contribution in [0.15, 0.2) is 12.1 Å². The van der Waals surface area contributed by atoms with Gasteiger partial charge in [0.1, 0.15) is 5.52 Å². The lowest BCUT2D eigenvalue weighted by molar-refractivity contribution is 0.338. The standard InChI is InChI=1S/C12H15F2N3S/c1-7(6-16(2)3)17-11-9(15-12(17)18)5-4-8(13)10(11)14/h4-5,7H,6H2,1-3H3,(H,15,18). The minimum absolute atomic E-state index is 0.0439. The summed E-state index contributed by atoms with van der Waals surface area (Å²) in [7, 11) is 3.85. The minimum Gasteiger partial charge on any atom is -0.330 e. The van der Waals surface area contributed by atoms with Gasteiger partial charge in [0, 0.05) is 12.6 Å². The van der Waals surface area contributed by atoms with Crippen LogP contribution in [0.2, 0.25) is 0 Å². The van der Waals surface area contributed by atoms with Crippen LogP contribution >= 0.6 is 12.2 Å². The van der Waals surface area contributed by atoms with Gasteiger partial charge in [-0.05, 0) is 45.4 Å². The average molecular weight is 271 g/mol. The SMILES string of the molecule is CC(CN(C)C)n1c(=S)[nH]c2ccc(F)c(F)c21. The normalized spacial score (nSPS) is 13.4. The first-order chi connectivity index (χ1) is 8.41. The van der Waals surface area contributed by atoms with Crippen LogP contribution in [0.25, 0.3) is 11.0 Å². The molecular weight excluding hydrogens is 256 g/mol. The Bertz CT molecular complexity index is 630. The van der Waals surface area contributed by atoms with Crippen LogP contribution in [-0.4, -0.2) is 35.1 Å². The Labute approximate surface area is 109 Å². The number of nitrogens with zero attached hydrogens (tertiary/aromatic N) is 2. The number of nitrogens with one attached hydrogen (secondary N) is 1. The number of aromatic nitrogens is 2. The Morgan fingerprint density at radius 1 is 1.39 bits per heavy atom. The van der Waals surface area contributed by atoms with E-state index in [2.05, 4.69) is 4.98 Å². The summed E-state index contributed by atoms with van der Waals surface area (Å²) in [5, 5.41) is 0. The van der Waals surface area contributed by atoms with Gasteiger partial charge in [-0.3, -0.25) is 0 Å². The van der Waals surface area contributed by atoms with Gasteiger partial charge in [0.2, 0.25) is 0 Å². The summed E-state index contributed by atoms with van der Waals surface area (Å²) in [5.74, 6) is -1.72. The molecule has 0 aliphatic carbocycles. The number of fused-ring (bicyclic) bond motifs is 1. The van der Waals surface area contributed by atoms with E-state index in [0.29, 0.717) is 16.8 Å². The van der Waals surface area contributed by atoms with Gasteiger partial charge in [0.25, 0.3) is 0 Å². The first-order valence-corrected chi connectivity index (χ1v) is 6.05. The molecule has 18 heavy (non-hydrogen) atoms. The van der Waals surface area contributed by atoms with E-state index < -0.39 is 11.6 Å². The van der Waals surface area contributed by atoms with Crippen molar-refractivity contribution in [2.45, 2.75) is 13.0 Å². The van der Waals surface area contributed by atoms with Crippen molar-refractivity contribution < 1.29 is 8.78 Å². The highest BCUT2D eigenvalue weighted by Crippen LogP contribution is 2.24. The zero-order valence-corrected chi connectivity index (χ0v) is 11.3. The molecular formula is C12H15F2N3S. The van der Waals surface area contributed by atoms with E-state index in [-0.39, 0.29) is 11.6 Å². The Hall–Kier alpha value is -1.27. The van der Waals surface area contributed by atoms with Crippen LogP contribution in [0.1, 0.15) is 13.0 Å². The summed E-state index contributed by atoms with van der Waals surface area (Å²) < 4.78 is 29.2. The molecule has 0 saturated heterocycles. The van der Waals surface area contributed by atoms with E-state index in [1.165, 1.54) is 6.07 Å². The molecule has 0 amide bonds. The minimum atomic E-state index is -0.859. The molecule has 1 atom stereocenters. The molecule has 1 aromatic carbocycles. The first-order valence-electron chi connectivity index (χ1n) is 5.64. The second-order valence-electron chi connectivity index (χ2n) is 4.67. The van der Waals surface area contributed by atoms with Gasteiger partial charge in [-0.25, -0.2) is 8.78 Å². The molecule has 0 bridgehead atoms.